The Balaban J connectivity index is 2.01. The van der Waals surface area contributed by atoms with Gasteiger partial charge in [-0.05, 0) is 29.8 Å². The highest BCUT2D eigenvalue weighted by Gasteiger charge is 2.15. The molecule has 0 saturated carbocycles. The van der Waals surface area contributed by atoms with Gasteiger partial charge in [-0.25, -0.2) is 9.67 Å². The summed E-state index contributed by atoms with van der Waals surface area (Å²) < 4.78 is 6.81. The Hall–Kier alpha value is -2.89. The first-order chi connectivity index (χ1) is 10.2. The maximum absolute atomic E-state index is 11.5. The molecule has 3 aromatic rings. The lowest BCUT2D eigenvalue weighted by molar-refractivity contribution is 0.0996. The largest absolute Gasteiger partial charge is 0.497 e. The van der Waals surface area contributed by atoms with Crippen LogP contribution in [0.1, 0.15) is 16.1 Å². The number of aromatic nitrogens is 3. The van der Waals surface area contributed by atoms with Crippen molar-refractivity contribution in [1.29, 1.82) is 0 Å². The molecular formula is C15H14N4O2. The molecule has 0 unspecified atom stereocenters. The number of primary amides is 1. The van der Waals surface area contributed by atoms with Crippen LogP contribution in [0.5, 0.6) is 5.75 Å². The van der Waals surface area contributed by atoms with Crippen LogP contribution in [-0.4, -0.2) is 27.8 Å². The highest BCUT2D eigenvalue weighted by molar-refractivity contribution is 6.03. The Bertz CT molecular complexity index is 793. The minimum atomic E-state index is -0.554. The van der Waals surface area contributed by atoms with Crippen LogP contribution in [-0.2, 0) is 6.54 Å². The molecular weight excluding hydrogens is 268 g/mol. The highest BCUT2D eigenvalue weighted by Crippen LogP contribution is 2.18. The average molecular weight is 282 g/mol. The van der Waals surface area contributed by atoms with Crippen LogP contribution in [0.25, 0.3) is 11.0 Å². The number of hydrogen-bond donors (Lipinski definition) is 1. The van der Waals surface area contributed by atoms with Crippen molar-refractivity contribution in [3.8, 4) is 5.75 Å². The summed E-state index contributed by atoms with van der Waals surface area (Å²) in [5.74, 6) is 0.238. The Kier molecular flexibility index (Phi) is 3.27. The number of methoxy groups -OCH3 is 1. The molecule has 0 radical (unpaired) electrons. The van der Waals surface area contributed by atoms with Gasteiger partial charge in [0.05, 0.1) is 19.0 Å². The second-order valence-electron chi connectivity index (χ2n) is 4.59. The first-order valence-electron chi connectivity index (χ1n) is 6.43. The first kappa shape index (κ1) is 13.1. The lowest BCUT2D eigenvalue weighted by atomic mass is 10.2. The van der Waals surface area contributed by atoms with E-state index in [2.05, 4.69) is 10.1 Å². The van der Waals surface area contributed by atoms with Crippen molar-refractivity contribution in [2.24, 2.45) is 5.73 Å². The molecule has 0 aliphatic rings. The van der Waals surface area contributed by atoms with Crippen molar-refractivity contribution >= 4 is 16.9 Å². The van der Waals surface area contributed by atoms with E-state index in [9.17, 15) is 4.79 Å². The fourth-order valence-corrected chi connectivity index (χ4v) is 2.21. The molecule has 106 valence electrons. The van der Waals surface area contributed by atoms with Crippen molar-refractivity contribution in [2.45, 2.75) is 6.54 Å². The zero-order valence-corrected chi connectivity index (χ0v) is 11.5. The molecule has 0 aliphatic heterocycles. The summed E-state index contributed by atoms with van der Waals surface area (Å²) >= 11 is 0. The number of nitrogens with zero attached hydrogens (tertiary/aromatic N) is 3. The summed E-state index contributed by atoms with van der Waals surface area (Å²) in [6, 6.07) is 11.2. The van der Waals surface area contributed by atoms with E-state index < -0.39 is 5.91 Å². The Labute approximate surface area is 121 Å². The number of ether oxygens (including phenoxy) is 1. The summed E-state index contributed by atoms with van der Waals surface area (Å²) in [6.07, 6.45) is 1.67. The SMILES string of the molecule is COc1ccc(Cn2nc(C(N)=O)c3cccnc32)cc1. The summed E-state index contributed by atoms with van der Waals surface area (Å²) in [6.45, 7) is 0.505. The number of benzene rings is 1. The number of rotatable bonds is 4. The van der Waals surface area contributed by atoms with Gasteiger partial charge in [0.2, 0.25) is 0 Å². The maximum atomic E-state index is 11.5. The fourth-order valence-electron chi connectivity index (χ4n) is 2.21. The smallest absolute Gasteiger partial charge is 0.269 e. The number of nitrogens with two attached hydrogens (primary N) is 1. The number of carbonyl (C=O) groups is 1. The summed E-state index contributed by atoms with van der Waals surface area (Å²) in [7, 11) is 1.62. The normalized spacial score (nSPS) is 10.7. The van der Waals surface area contributed by atoms with Gasteiger partial charge in [-0.3, -0.25) is 4.79 Å². The number of pyridine rings is 1. The molecule has 6 heteroatoms. The minimum Gasteiger partial charge on any atom is -0.497 e. The quantitative estimate of drug-likeness (QED) is 0.787. The van der Waals surface area contributed by atoms with Crippen LogP contribution in [0.15, 0.2) is 42.6 Å². The Morgan fingerprint density at radius 3 is 2.71 bits per heavy atom. The predicted molar refractivity (Wildman–Crippen MR) is 78.1 cm³/mol. The van der Waals surface area contributed by atoms with Gasteiger partial charge in [0, 0.05) is 6.20 Å². The van der Waals surface area contributed by atoms with Crippen LogP contribution >= 0.6 is 0 Å². The van der Waals surface area contributed by atoms with E-state index in [4.69, 9.17) is 10.5 Å². The molecule has 21 heavy (non-hydrogen) atoms. The number of fused-ring (bicyclic) bond motifs is 1. The van der Waals surface area contributed by atoms with Crippen molar-refractivity contribution in [3.05, 3.63) is 53.9 Å². The van der Waals surface area contributed by atoms with Crippen molar-refractivity contribution in [1.82, 2.24) is 14.8 Å². The maximum Gasteiger partial charge on any atom is 0.269 e. The van der Waals surface area contributed by atoms with Gasteiger partial charge < -0.3 is 10.5 Å². The van der Waals surface area contributed by atoms with Crippen LogP contribution in [0.3, 0.4) is 0 Å². The second kappa shape index (κ2) is 5.24. The van der Waals surface area contributed by atoms with E-state index in [1.807, 2.05) is 24.3 Å². The zero-order valence-electron chi connectivity index (χ0n) is 11.5. The average Bonchev–Trinajstić information content (AvgIpc) is 2.87. The van der Waals surface area contributed by atoms with E-state index >= 15 is 0 Å². The van der Waals surface area contributed by atoms with Crippen molar-refractivity contribution in [3.63, 3.8) is 0 Å². The van der Waals surface area contributed by atoms with Crippen LogP contribution in [0.4, 0.5) is 0 Å². The van der Waals surface area contributed by atoms with E-state index in [1.54, 1.807) is 30.1 Å². The van der Waals surface area contributed by atoms with Crippen molar-refractivity contribution in [2.75, 3.05) is 7.11 Å². The van der Waals surface area contributed by atoms with Gasteiger partial charge in [-0.2, -0.15) is 5.10 Å². The summed E-state index contributed by atoms with van der Waals surface area (Å²) in [4.78, 5) is 15.7. The highest BCUT2D eigenvalue weighted by atomic mass is 16.5. The van der Waals surface area contributed by atoms with Crippen LogP contribution < -0.4 is 10.5 Å². The molecule has 0 bridgehead atoms. The third kappa shape index (κ3) is 2.43. The van der Waals surface area contributed by atoms with Crippen molar-refractivity contribution < 1.29 is 9.53 Å². The molecule has 1 amide bonds. The molecule has 0 atom stereocenters. The number of amides is 1. The number of hydrogen-bond acceptors (Lipinski definition) is 4. The Morgan fingerprint density at radius 1 is 1.29 bits per heavy atom. The Morgan fingerprint density at radius 2 is 2.05 bits per heavy atom. The lowest BCUT2D eigenvalue weighted by Crippen LogP contribution is -2.13. The van der Waals surface area contributed by atoms with Crippen LogP contribution in [0, 0.1) is 0 Å². The third-order valence-corrected chi connectivity index (χ3v) is 3.23. The van der Waals surface area contributed by atoms with Gasteiger partial charge in [0.15, 0.2) is 11.3 Å². The van der Waals surface area contributed by atoms with Gasteiger partial charge in [-0.1, -0.05) is 12.1 Å². The fraction of sp³-hybridized carbons (Fsp3) is 0.133. The first-order valence-corrected chi connectivity index (χ1v) is 6.43. The molecule has 0 spiro atoms. The number of carbonyl (C=O) groups excluding carboxylic acids is 1. The molecule has 1 aromatic carbocycles. The topological polar surface area (TPSA) is 83.0 Å². The summed E-state index contributed by atoms with van der Waals surface area (Å²) in [5, 5.41) is 4.94. The molecule has 2 heterocycles. The predicted octanol–water partition coefficient (Wildman–Crippen LogP) is 1.59. The molecule has 2 N–H and O–H groups in total. The molecule has 0 aliphatic carbocycles. The molecule has 0 saturated heterocycles. The molecule has 2 aromatic heterocycles. The second-order valence-corrected chi connectivity index (χ2v) is 4.59. The van der Waals surface area contributed by atoms with Gasteiger partial charge in [0.25, 0.3) is 5.91 Å². The third-order valence-electron chi connectivity index (χ3n) is 3.23. The van der Waals surface area contributed by atoms with Gasteiger partial charge >= 0.3 is 0 Å². The summed E-state index contributed by atoms with van der Waals surface area (Å²) in [5.41, 5.74) is 7.28. The standard InChI is InChI=1S/C15H14N4O2/c1-21-11-6-4-10(5-7-11)9-19-15-12(3-2-8-17-15)13(18-19)14(16)20/h2-8H,9H2,1H3,(H2,16,20). The molecule has 6 nitrogen and oxygen atoms in total. The van der Waals surface area contributed by atoms with Crippen LogP contribution in [0.2, 0.25) is 0 Å². The molecule has 0 fully saturated rings. The van der Waals surface area contributed by atoms with E-state index in [-0.39, 0.29) is 5.69 Å². The van der Waals surface area contributed by atoms with Gasteiger partial charge in [0.1, 0.15) is 5.75 Å². The lowest BCUT2D eigenvalue weighted by Gasteiger charge is -2.04. The monoisotopic (exact) mass is 282 g/mol. The zero-order chi connectivity index (χ0) is 14.8. The minimum absolute atomic E-state index is 0.242. The van der Waals surface area contributed by atoms with E-state index in [0.29, 0.717) is 17.6 Å². The van der Waals surface area contributed by atoms with Gasteiger partial charge in [-0.15, -0.1) is 0 Å². The van der Waals surface area contributed by atoms with E-state index in [1.165, 1.54) is 0 Å². The van der Waals surface area contributed by atoms with E-state index in [0.717, 1.165) is 11.3 Å². The molecule has 3 rings (SSSR count).